The number of benzene rings is 1. The van der Waals surface area contributed by atoms with E-state index >= 15 is 0 Å². The van der Waals surface area contributed by atoms with Gasteiger partial charge in [-0.1, -0.05) is 6.07 Å². The molecule has 2 aromatic heterocycles. The minimum atomic E-state index is -0.138. The van der Waals surface area contributed by atoms with Crippen LogP contribution in [0.1, 0.15) is 31.7 Å². The molecule has 0 saturated carbocycles. The zero-order valence-corrected chi connectivity index (χ0v) is 17.2. The van der Waals surface area contributed by atoms with Crippen LogP contribution in [-0.2, 0) is 11.2 Å². The summed E-state index contributed by atoms with van der Waals surface area (Å²) in [6.45, 7) is 1.36. The Labute approximate surface area is 172 Å². The van der Waals surface area contributed by atoms with Crippen molar-refractivity contribution in [1.29, 1.82) is 0 Å². The van der Waals surface area contributed by atoms with Gasteiger partial charge in [-0.05, 0) is 47.2 Å². The fourth-order valence-electron chi connectivity index (χ4n) is 3.71. The summed E-state index contributed by atoms with van der Waals surface area (Å²) in [6, 6.07) is 13.6. The highest BCUT2D eigenvalue weighted by atomic mass is 32.1. The van der Waals surface area contributed by atoms with Gasteiger partial charge < -0.3 is 15.5 Å². The van der Waals surface area contributed by atoms with Gasteiger partial charge in [0.2, 0.25) is 0 Å². The molecule has 0 saturated heterocycles. The molecule has 2 amide bonds. The van der Waals surface area contributed by atoms with Gasteiger partial charge in [0.25, 0.3) is 11.8 Å². The van der Waals surface area contributed by atoms with Crippen molar-refractivity contribution in [2.45, 2.75) is 12.5 Å². The highest BCUT2D eigenvalue weighted by Gasteiger charge is 2.35. The Hall–Kier alpha value is -2.48. The van der Waals surface area contributed by atoms with Gasteiger partial charge in [-0.3, -0.25) is 9.59 Å². The second-order valence-corrected chi connectivity index (χ2v) is 8.77. The number of hydrogen-bond acceptors (Lipinski definition) is 4. The number of quaternary nitrogens is 1. The average Bonchev–Trinajstić information content (AvgIpc) is 3.39. The molecule has 28 heavy (non-hydrogen) atoms. The van der Waals surface area contributed by atoms with Crippen molar-refractivity contribution in [3.8, 4) is 0 Å². The Morgan fingerprint density at radius 1 is 1.11 bits per heavy atom. The number of anilines is 1. The number of fused-ring (bicyclic) bond motifs is 1. The van der Waals surface area contributed by atoms with E-state index < -0.39 is 0 Å². The lowest BCUT2D eigenvalue weighted by Gasteiger charge is -2.31. The SMILES string of the molecule is CNC(=O)c1ccc(NC(=O)C[NH+]2CCc3sccc3[C@H]2c2cccs2)cc1. The number of amides is 2. The first kappa shape index (κ1) is 18.9. The molecule has 3 aromatic rings. The molecule has 1 aliphatic rings. The molecular formula is C21H22N3O2S2+. The maximum atomic E-state index is 12.7. The molecule has 4 rings (SSSR count). The molecule has 0 bridgehead atoms. The highest BCUT2D eigenvalue weighted by Crippen LogP contribution is 2.31. The molecule has 1 aromatic carbocycles. The second-order valence-electron chi connectivity index (χ2n) is 6.79. The van der Waals surface area contributed by atoms with Crippen LogP contribution in [0, 0.1) is 0 Å². The third kappa shape index (κ3) is 3.87. The maximum absolute atomic E-state index is 12.7. The lowest BCUT2D eigenvalue weighted by atomic mass is 9.98. The van der Waals surface area contributed by atoms with Crippen LogP contribution >= 0.6 is 22.7 Å². The van der Waals surface area contributed by atoms with E-state index in [1.807, 2.05) is 11.3 Å². The van der Waals surface area contributed by atoms with Gasteiger partial charge in [0.15, 0.2) is 6.54 Å². The van der Waals surface area contributed by atoms with E-state index in [9.17, 15) is 9.59 Å². The summed E-state index contributed by atoms with van der Waals surface area (Å²) < 4.78 is 0. The normalized spacial score (nSPS) is 18.3. The average molecular weight is 413 g/mol. The highest BCUT2D eigenvalue weighted by molar-refractivity contribution is 7.10. The molecule has 2 atom stereocenters. The van der Waals surface area contributed by atoms with Crippen molar-refractivity contribution in [1.82, 2.24) is 5.32 Å². The molecule has 7 heteroatoms. The van der Waals surface area contributed by atoms with E-state index in [1.165, 1.54) is 20.2 Å². The summed E-state index contributed by atoms with van der Waals surface area (Å²) in [5.41, 5.74) is 2.64. The Morgan fingerprint density at radius 2 is 1.93 bits per heavy atom. The van der Waals surface area contributed by atoms with Gasteiger partial charge >= 0.3 is 0 Å². The van der Waals surface area contributed by atoms with Crippen molar-refractivity contribution >= 4 is 40.2 Å². The van der Waals surface area contributed by atoms with Crippen LogP contribution in [0.5, 0.6) is 0 Å². The summed E-state index contributed by atoms with van der Waals surface area (Å²) >= 11 is 3.57. The summed E-state index contributed by atoms with van der Waals surface area (Å²) in [5, 5.41) is 9.82. The van der Waals surface area contributed by atoms with Gasteiger partial charge in [-0.15, -0.1) is 22.7 Å². The number of thiophene rings is 2. The van der Waals surface area contributed by atoms with E-state index in [2.05, 4.69) is 39.6 Å². The van der Waals surface area contributed by atoms with Crippen molar-refractivity contribution in [3.63, 3.8) is 0 Å². The topological polar surface area (TPSA) is 62.6 Å². The second kappa shape index (κ2) is 8.26. The van der Waals surface area contributed by atoms with Gasteiger partial charge in [-0.2, -0.15) is 0 Å². The maximum Gasteiger partial charge on any atom is 0.279 e. The predicted octanol–water partition coefficient (Wildman–Crippen LogP) is 2.34. The molecule has 1 aliphatic heterocycles. The Kier molecular flexibility index (Phi) is 5.57. The van der Waals surface area contributed by atoms with E-state index in [4.69, 9.17) is 0 Å². The van der Waals surface area contributed by atoms with Crippen LogP contribution in [0.25, 0.3) is 0 Å². The van der Waals surface area contributed by atoms with Crippen molar-refractivity contribution in [2.24, 2.45) is 0 Å². The summed E-state index contributed by atoms with van der Waals surface area (Å²) in [5.74, 6) is -0.149. The number of nitrogens with one attached hydrogen (secondary N) is 3. The fourth-order valence-corrected chi connectivity index (χ4v) is 5.53. The first-order valence-electron chi connectivity index (χ1n) is 9.22. The summed E-state index contributed by atoms with van der Waals surface area (Å²) in [7, 11) is 1.60. The largest absolute Gasteiger partial charge is 0.355 e. The quantitative estimate of drug-likeness (QED) is 0.602. The molecule has 5 nitrogen and oxygen atoms in total. The van der Waals surface area contributed by atoms with Gasteiger partial charge in [0, 0.05) is 35.2 Å². The van der Waals surface area contributed by atoms with Crippen molar-refractivity contribution in [3.05, 3.63) is 74.1 Å². The van der Waals surface area contributed by atoms with Crippen LogP contribution in [0.15, 0.2) is 53.2 Å². The number of carbonyl (C=O) groups is 2. The number of rotatable bonds is 5. The standard InChI is InChI=1S/C21H21N3O2S2/c1-22-21(26)14-4-6-15(7-5-14)23-19(25)13-24-10-8-17-16(9-12-28-17)20(24)18-3-2-11-27-18/h2-7,9,11-12,20H,8,10,13H2,1H3,(H,22,26)(H,23,25)/p+1/t20-/m0/s1. The third-order valence-electron chi connectivity index (χ3n) is 5.05. The van der Waals surface area contributed by atoms with E-state index in [0.717, 1.165) is 13.0 Å². The molecule has 0 aliphatic carbocycles. The first-order valence-corrected chi connectivity index (χ1v) is 11.0. The molecule has 3 N–H and O–H groups in total. The molecular weight excluding hydrogens is 390 g/mol. The first-order chi connectivity index (χ1) is 13.7. The molecule has 3 heterocycles. The molecule has 0 spiro atoms. The summed E-state index contributed by atoms with van der Waals surface area (Å²) in [6.07, 6.45) is 1.01. The Morgan fingerprint density at radius 3 is 2.64 bits per heavy atom. The van der Waals surface area contributed by atoms with Gasteiger partial charge in [0.1, 0.15) is 6.04 Å². The lowest BCUT2D eigenvalue weighted by molar-refractivity contribution is -0.919. The van der Waals surface area contributed by atoms with Crippen molar-refractivity contribution < 1.29 is 14.5 Å². The smallest absolute Gasteiger partial charge is 0.279 e. The Balaban J connectivity index is 1.47. The zero-order chi connectivity index (χ0) is 19.5. The van der Waals surface area contributed by atoms with Crippen molar-refractivity contribution in [2.75, 3.05) is 25.5 Å². The number of hydrogen-bond donors (Lipinski definition) is 3. The third-order valence-corrected chi connectivity index (χ3v) is 6.98. The lowest BCUT2D eigenvalue weighted by Crippen LogP contribution is -3.14. The molecule has 0 radical (unpaired) electrons. The fraction of sp³-hybridized carbons (Fsp3) is 0.238. The van der Waals surface area contributed by atoms with E-state index in [-0.39, 0.29) is 17.9 Å². The van der Waals surface area contributed by atoms with Crippen LogP contribution in [0.2, 0.25) is 0 Å². The monoisotopic (exact) mass is 412 g/mol. The van der Waals surface area contributed by atoms with Gasteiger partial charge in [0.05, 0.1) is 11.4 Å². The summed E-state index contributed by atoms with van der Waals surface area (Å²) in [4.78, 5) is 28.4. The minimum Gasteiger partial charge on any atom is -0.355 e. The molecule has 144 valence electrons. The van der Waals surface area contributed by atoms with Crippen LogP contribution < -0.4 is 15.5 Å². The number of carbonyl (C=O) groups excluding carboxylic acids is 2. The Bertz CT molecular complexity index is 964. The predicted molar refractivity (Wildman–Crippen MR) is 113 cm³/mol. The minimum absolute atomic E-state index is 0.0112. The van der Waals surface area contributed by atoms with Crippen LogP contribution in [-0.4, -0.2) is 32.0 Å². The zero-order valence-electron chi connectivity index (χ0n) is 15.5. The van der Waals surface area contributed by atoms with E-state index in [1.54, 1.807) is 42.6 Å². The van der Waals surface area contributed by atoms with Gasteiger partial charge in [-0.25, -0.2) is 0 Å². The van der Waals surface area contributed by atoms with E-state index in [0.29, 0.717) is 17.8 Å². The van der Waals surface area contributed by atoms with Crippen LogP contribution in [0.4, 0.5) is 5.69 Å². The molecule has 1 unspecified atom stereocenters. The van der Waals surface area contributed by atoms with Crippen LogP contribution in [0.3, 0.4) is 0 Å². The molecule has 0 fully saturated rings.